The second kappa shape index (κ2) is 9.44. The summed E-state index contributed by atoms with van der Waals surface area (Å²) >= 11 is 0. The Bertz CT molecular complexity index is 1110. The number of imide groups is 1. The van der Waals surface area contributed by atoms with Gasteiger partial charge in [-0.3, -0.25) is 14.5 Å². The molecule has 2 aliphatic carbocycles. The van der Waals surface area contributed by atoms with E-state index in [1.165, 1.54) is 17.0 Å². The molecule has 7 nitrogen and oxygen atoms in total. The maximum Gasteiger partial charge on any atom is 0.233 e. The Labute approximate surface area is 208 Å². The maximum atomic E-state index is 13.5. The molecule has 2 aromatic rings. The minimum Gasteiger partial charge on any atom is -0.459 e. The number of amides is 2. The molecule has 4 atom stereocenters. The molecule has 1 aromatic heterocycles. The van der Waals surface area contributed by atoms with Crippen molar-refractivity contribution in [2.75, 3.05) is 19.6 Å². The summed E-state index contributed by atoms with van der Waals surface area (Å²) in [7, 11) is 0. The Balaban J connectivity index is 0.00000259. The average Bonchev–Trinajstić information content (AvgIpc) is 3.52. The highest BCUT2D eigenvalue weighted by molar-refractivity contribution is 14.0. The number of carbonyl (C=O) groups excluding carboxylic acids is 2. The first-order valence-corrected chi connectivity index (χ1v) is 11.2. The number of hydrogen-bond acceptors (Lipinski definition) is 4. The van der Waals surface area contributed by atoms with Crippen LogP contribution in [0.3, 0.4) is 0 Å². The van der Waals surface area contributed by atoms with Crippen molar-refractivity contribution in [3.8, 4) is 0 Å². The summed E-state index contributed by atoms with van der Waals surface area (Å²) < 4.78 is 19.4. The molecule has 1 aliphatic heterocycles. The zero-order valence-electron chi connectivity index (χ0n) is 18.6. The smallest absolute Gasteiger partial charge is 0.233 e. The molecule has 2 bridgehead atoms. The number of aryl methyl sites for hydroxylation is 1. The fraction of sp³-hybridized carbons (Fsp3) is 0.458. The fourth-order valence-electron chi connectivity index (χ4n) is 5.36. The van der Waals surface area contributed by atoms with Crippen LogP contribution in [0.1, 0.15) is 24.7 Å². The van der Waals surface area contributed by atoms with Crippen LogP contribution in [0.5, 0.6) is 0 Å². The number of allylic oxidation sites excluding steroid dienone is 2. The first kappa shape index (κ1) is 23.7. The number of rotatable bonds is 6. The number of benzene rings is 1. The zero-order chi connectivity index (χ0) is 22.4. The number of nitrogens with zero attached hydrogens (tertiary/aromatic N) is 2. The number of furan rings is 1. The van der Waals surface area contributed by atoms with E-state index < -0.39 is 0 Å². The first-order chi connectivity index (χ1) is 15.5. The van der Waals surface area contributed by atoms with Crippen LogP contribution in [0.25, 0.3) is 11.0 Å². The molecule has 1 saturated carbocycles. The Morgan fingerprint density at radius 1 is 1.18 bits per heavy atom. The third-order valence-corrected chi connectivity index (χ3v) is 6.91. The van der Waals surface area contributed by atoms with Crippen LogP contribution < -0.4 is 10.6 Å². The van der Waals surface area contributed by atoms with Crippen molar-refractivity contribution in [2.45, 2.75) is 26.8 Å². The number of likely N-dealkylation sites (tertiary alicyclic amines) is 1. The SMILES string of the molecule is CCNC(=NCc1oc2ccc(F)cc2c1C)NCCN1C(=O)C2C3C=CC(C3)C2C1=O.I. The van der Waals surface area contributed by atoms with Crippen LogP contribution >= 0.6 is 24.0 Å². The highest BCUT2D eigenvalue weighted by Gasteiger charge is 2.58. The van der Waals surface area contributed by atoms with E-state index in [0.29, 0.717) is 36.9 Å². The van der Waals surface area contributed by atoms with E-state index in [2.05, 4.69) is 27.8 Å². The molecular formula is C24H28FIN4O3. The van der Waals surface area contributed by atoms with E-state index in [1.54, 1.807) is 6.07 Å². The number of guanidine groups is 1. The molecule has 176 valence electrons. The fourth-order valence-corrected chi connectivity index (χ4v) is 5.36. The van der Waals surface area contributed by atoms with Crippen molar-refractivity contribution in [1.29, 1.82) is 0 Å². The van der Waals surface area contributed by atoms with Crippen molar-refractivity contribution in [3.63, 3.8) is 0 Å². The summed E-state index contributed by atoms with van der Waals surface area (Å²) in [5.41, 5.74) is 1.49. The van der Waals surface area contributed by atoms with Gasteiger partial charge in [0.1, 0.15) is 23.7 Å². The Morgan fingerprint density at radius 2 is 1.88 bits per heavy atom. The van der Waals surface area contributed by atoms with Gasteiger partial charge in [0, 0.05) is 30.6 Å². The van der Waals surface area contributed by atoms with Crippen molar-refractivity contribution in [3.05, 3.63) is 47.5 Å². The molecule has 3 aliphatic rings. The third kappa shape index (κ3) is 4.15. The standard InChI is InChI=1S/C24H27FN4O3.HI/c1-3-26-24(28-12-19-13(2)17-11-16(25)6-7-18(17)32-19)27-8-9-29-22(30)20-14-4-5-15(10-14)21(20)23(29)31;/h4-7,11,14-15,20-21H,3,8-10,12H2,1-2H3,(H2,26,27,28);1H. The lowest BCUT2D eigenvalue weighted by Gasteiger charge is -2.18. The molecule has 5 rings (SSSR count). The normalized spacial score (nSPS) is 25.7. The van der Waals surface area contributed by atoms with E-state index in [1.807, 2.05) is 13.8 Å². The van der Waals surface area contributed by atoms with E-state index in [0.717, 1.165) is 17.4 Å². The van der Waals surface area contributed by atoms with Crippen LogP contribution in [0, 0.1) is 36.4 Å². The number of fused-ring (bicyclic) bond motifs is 6. The van der Waals surface area contributed by atoms with Gasteiger partial charge in [0.05, 0.1) is 11.8 Å². The van der Waals surface area contributed by atoms with Gasteiger partial charge in [-0.1, -0.05) is 12.2 Å². The van der Waals surface area contributed by atoms with Crippen molar-refractivity contribution >= 4 is 52.7 Å². The van der Waals surface area contributed by atoms with Gasteiger partial charge in [-0.2, -0.15) is 0 Å². The van der Waals surface area contributed by atoms with Crippen molar-refractivity contribution in [2.24, 2.45) is 28.7 Å². The summed E-state index contributed by atoms with van der Waals surface area (Å²) in [6.45, 7) is 5.53. The third-order valence-electron chi connectivity index (χ3n) is 6.91. The second-order valence-corrected chi connectivity index (χ2v) is 8.74. The summed E-state index contributed by atoms with van der Waals surface area (Å²) in [6, 6.07) is 4.46. The van der Waals surface area contributed by atoms with Crippen molar-refractivity contribution in [1.82, 2.24) is 15.5 Å². The highest BCUT2D eigenvalue weighted by atomic mass is 127. The predicted octanol–water partition coefficient (Wildman–Crippen LogP) is 3.36. The number of aliphatic imine (C=N–C) groups is 1. The van der Waals surface area contributed by atoms with Gasteiger partial charge in [0.15, 0.2) is 5.96 Å². The molecule has 2 fully saturated rings. The van der Waals surface area contributed by atoms with Crippen LogP contribution in [-0.2, 0) is 16.1 Å². The molecule has 0 radical (unpaired) electrons. The van der Waals surface area contributed by atoms with E-state index >= 15 is 0 Å². The van der Waals surface area contributed by atoms with Gasteiger partial charge in [0.25, 0.3) is 0 Å². The largest absolute Gasteiger partial charge is 0.459 e. The monoisotopic (exact) mass is 566 g/mol. The Hall–Kier alpha value is -2.43. The number of halogens is 2. The summed E-state index contributed by atoms with van der Waals surface area (Å²) in [6.07, 6.45) is 5.14. The molecule has 4 unspecified atom stereocenters. The lowest BCUT2D eigenvalue weighted by Crippen LogP contribution is -2.43. The highest BCUT2D eigenvalue weighted by Crippen LogP contribution is 2.52. The zero-order valence-corrected chi connectivity index (χ0v) is 21.0. The average molecular weight is 566 g/mol. The van der Waals surface area contributed by atoms with E-state index in [4.69, 9.17) is 4.42 Å². The van der Waals surface area contributed by atoms with Gasteiger partial charge in [-0.25, -0.2) is 9.38 Å². The van der Waals surface area contributed by atoms with Crippen LogP contribution in [0.2, 0.25) is 0 Å². The molecule has 2 heterocycles. The Kier molecular flexibility index (Phi) is 6.78. The summed E-state index contributed by atoms with van der Waals surface area (Å²) in [4.78, 5) is 31.6. The predicted molar refractivity (Wildman–Crippen MR) is 134 cm³/mol. The number of nitrogens with one attached hydrogen (secondary N) is 2. The van der Waals surface area contributed by atoms with Gasteiger partial charge >= 0.3 is 0 Å². The van der Waals surface area contributed by atoms with Gasteiger partial charge in [-0.05, 0) is 50.3 Å². The maximum absolute atomic E-state index is 13.5. The Morgan fingerprint density at radius 3 is 2.55 bits per heavy atom. The van der Waals surface area contributed by atoms with Crippen LogP contribution in [0.4, 0.5) is 4.39 Å². The number of hydrogen-bond donors (Lipinski definition) is 2. The van der Waals surface area contributed by atoms with Crippen molar-refractivity contribution < 1.29 is 18.4 Å². The summed E-state index contributed by atoms with van der Waals surface area (Å²) in [5, 5.41) is 7.11. The molecule has 2 amide bonds. The van der Waals surface area contributed by atoms with E-state index in [-0.39, 0.29) is 71.8 Å². The molecule has 9 heteroatoms. The quantitative estimate of drug-likeness (QED) is 0.184. The lowest BCUT2D eigenvalue weighted by molar-refractivity contribution is -0.140. The lowest BCUT2D eigenvalue weighted by atomic mass is 9.85. The molecule has 0 spiro atoms. The topological polar surface area (TPSA) is 86.9 Å². The first-order valence-electron chi connectivity index (χ1n) is 11.2. The van der Waals surface area contributed by atoms with E-state index in [9.17, 15) is 14.0 Å². The van der Waals surface area contributed by atoms with Crippen LogP contribution in [0.15, 0.2) is 39.8 Å². The second-order valence-electron chi connectivity index (χ2n) is 8.74. The van der Waals surface area contributed by atoms with Gasteiger partial charge in [-0.15, -0.1) is 24.0 Å². The van der Waals surface area contributed by atoms with Gasteiger partial charge < -0.3 is 15.1 Å². The number of carbonyl (C=O) groups is 2. The molecule has 1 saturated heterocycles. The molecule has 1 aromatic carbocycles. The van der Waals surface area contributed by atoms with Gasteiger partial charge in [0.2, 0.25) is 11.8 Å². The minimum absolute atomic E-state index is 0. The van der Waals surface area contributed by atoms with Crippen LogP contribution in [-0.4, -0.2) is 42.3 Å². The minimum atomic E-state index is -0.301. The molecule has 33 heavy (non-hydrogen) atoms. The molecule has 2 N–H and O–H groups in total. The summed E-state index contributed by atoms with van der Waals surface area (Å²) in [5.74, 6) is 0.975. The molecular weight excluding hydrogens is 538 g/mol.